The zero-order valence-corrected chi connectivity index (χ0v) is 17.8. The molecule has 1 aromatic heterocycles. The van der Waals surface area contributed by atoms with Crippen LogP contribution in [0.1, 0.15) is 5.56 Å². The van der Waals surface area contributed by atoms with Gasteiger partial charge in [-0.3, -0.25) is 4.90 Å². The Hall–Kier alpha value is -2.48. The molecule has 6 nitrogen and oxygen atoms in total. The van der Waals surface area contributed by atoms with Crippen molar-refractivity contribution < 1.29 is 8.42 Å². The first kappa shape index (κ1) is 19.5. The van der Waals surface area contributed by atoms with Gasteiger partial charge in [-0.1, -0.05) is 42.5 Å². The predicted molar refractivity (Wildman–Crippen MR) is 119 cm³/mol. The third-order valence-corrected chi connectivity index (χ3v) is 8.21. The van der Waals surface area contributed by atoms with E-state index in [1.54, 1.807) is 16.4 Å². The summed E-state index contributed by atoms with van der Waals surface area (Å²) in [6, 6.07) is 17.8. The molecule has 0 spiro atoms. The van der Waals surface area contributed by atoms with Crippen molar-refractivity contribution in [2.24, 2.45) is 0 Å². The van der Waals surface area contributed by atoms with E-state index in [1.807, 2.05) is 24.4 Å². The second-order valence-electron chi connectivity index (χ2n) is 7.95. The second kappa shape index (κ2) is 7.98. The van der Waals surface area contributed by atoms with E-state index in [1.165, 1.54) is 10.8 Å². The topological polar surface area (TPSA) is 56.8 Å². The third-order valence-electron chi connectivity index (χ3n) is 6.21. The molecule has 3 heterocycles. The number of benzene rings is 2. The zero-order valence-electron chi connectivity index (χ0n) is 16.9. The maximum absolute atomic E-state index is 12.9. The first-order valence-electron chi connectivity index (χ1n) is 10.5. The minimum Gasteiger partial charge on any atom is -0.354 e. The van der Waals surface area contributed by atoms with E-state index in [-0.39, 0.29) is 0 Å². The Morgan fingerprint density at radius 3 is 2.47 bits per heavy atom. The van der Waals surface area contributed by atoms with Crippen LogP contribution in [0.5, 0.6) is 0 Å². The van der Waals surface area contributed by atoms with Gasteiger partial charge in [-0.25, -0.2) is 13.4 Å². The smallest absolute Gasteiger partial charge is 0.243 e. The molecule has 0 N–H and O–H groups in total. The maximum atomic E-state index is 12.9. The number of fused-ring (bicyclic) bond motifs is 2. The van der Waals surface area contributed by atoms with E-state index in [0.29, 0.717) is 18.0 Å². The second-order valence-corrected chi connectivity index (χ2v) is 9.85. The largest absolute Gasteiger partial charge is 0.354 e. The van der Waals surface area contributed by atoms with Crippen molar-refractivity contribution in [3.05, 3.63) is 66.4 Å². The Labute approximate surface area is 177 Å². The first-order chi connectivity index (χ1) is 14.6. The summed E-state index contributed by atoms with van der Waals surface area (Å²) in [4.78, 5) is 9.81. The van der Waals surface area contributed by atoms with Gasteiger partial charge < -0.3 is 4.90 Å². The molecule has 2 aromatic carbocycles. The van der Waals surface area contributed by atoms with Gasteiger partial charge in [0.25, 0.3) is 0 Å². The number of nitrogens with zero attached hydrogens (tertiary/aromatic N) is 4. The van der Waals surface area contributed by atoms with E-state index < -0.39 is 10.0 Å². The number of piperazine rings is 1. The Bertz CT molecular complexity index is 1150. The van der Waals surface area contributed by atoms with Gasteiger partial charge in [-0.2, -0.15) is 4.31 Å². The molecular formula is C23H26N4O2S. The lowest BCUT2D eigenvalue weighted by atomic mass is 10.1. The van der Waals surface area contributed by atoms with Crippen LogP contribution in [0.3, 0.4) is 0 Å². The van der Waals surface area contributed by atoms with Gasteiger partial charge >= 0.3 is 0 Å². The minimum absolute atomic E-state index is 0.475. The molecule has 0 amide bonds. The van der Waals surface area contributed by atoms with Crippen molar-refractivity contribution in [2.45, 2.75) is 11.3 Å². The number of pyridine rings is 1. The molecule has 0 unspecified atom stereocenters. The van der Waals surface area contributed by atoms with Crippen molar-refractivity contribution >= 4 is 26.6 Å². The van der Waals surface area contributed by atoms with E-state index in [4.69, 9.17) is 0 Å². The monoisotopic (exact) mass is 422 g/mol. The van der Waals surface area contributed by atoms with Crippen molar-refractivity contribution in [1.29, 1.82) is 0 Å². The number of hydrogen-bond donors (Lipinski definition) is 0. The van der Waals surface area contributed by atoms with Crippen LogP contribution in [0.25, 0.3) is 10.8 Å². The van der Waals surface area contributed by atoms with E-state index in [2.05, 4.69) is 39.0 Å². The van der Waals surface area contributed by atoms with Crippen molar-refractivity contribution in [2.75, 3.05) is 50.7 Å². The molecule has 0 bridgehead atoms. The molecule has 5 rings (SSSR count). The molecule has 0 saturated carbocycles. The van der Waals surface area contributed by atoms with Gasteiger partial charge in [0.15, 0.2) is 0 Å². The summed E-state index contributed by atoms with van der Waals surface area (Å²) in [6.07, 6.45) is 2.67. The quantitative estimate of drug-likeness (QED) is 0.647. The van der Waals surface area contributed by atoms with E-state index in [9.17, 15) is 8.42 Å². The summed E-state index contributed by atoms with van der Waals surface area (Å²) in [5.41, 5.74) is 0.935. The normalized spacial score (nSPS) is 19.7. The third kappa shape index (κ3) is 3.57. The highest BCUT2D eigenvalue weighted by Crippen LogP contribution is 2.27. The van der Waals surface area contributed by atoms with Crippen molar-refractivity contribution in [3.63, 3.8) is 0 Å². The van der Waals surface area contributed by atoms with Crippen LogP contribution in [0.15, 0.2) is 65.7 Å². The highest BCUT2D eigenvalue weighted by atomic mass is 32.2. The fourth-order valence-corrected chi connectivity index (χ4v) is 6.17. The Balaban J connectivity index is 1.21. The van der Waals surface area contributed by atoms with Crippen LogP contribution >= 0.6 is 0 Å². The number of anilines is 1. The van der Waals surface area contributed by atoms with Gasteiger partial charge in [-0.15, -0.1) is 0 Å². The number of sulfonamides is 1. The molecule has 156 valence electrons. The summed E-state index contributed by atoms with van der Waals surface area (Å²) >= 11 is 0. The minimum atomic E-state index is -3.38. The number of aromatic nitrogens is 1. The highest BCUT2D eigenvalue weighted by Gasteiger charge is 2.31. The molecule has 0 radical (unpaired) electrons. The summed E-state index contributed by atoms with van der Waals surface area (Å²) < 4.78 is 27.5. The molecule has 0 atom stereocenters. The average Bonchev–Trinajstić information content (AvgIpc) is 2.79. The Kier molecular flexibility index (Phi) is 5.18. The summed E-state index contributed by atoms with van der Waals surface area (Å²) in [5, 5.41) is 2.40. The predicted octanol–water partition coefficient (Wildman–Crippen LogP) is 2.60. The molecule has 2 aliphatic heterocycles. The van der Waals surface area contributed by atoms with Crippen LogP contribution in [-0.4, -0.2) is 68.4 Å². The maximum Gasteiger partial charge on any atom is 0.243 e. The summed E-state index contributed by atoms with van der Waals surface area (Å²) in [5.74, 6) is 1.04. The van der Waals surface area contributed by atoms with Gasteiger partial charge in [-0.05, 0) is 29.5 Å². The van der Waals surface area contributed by atoms with Crippen LogP contribution < -0.4 is 4.90 Å². The molecule has 7 heteroatoms. The molecule has 1 fully saturated rings. The standard InChI is InChI=1S/C23H26N4O2S/c28-30(29)22-8-4-2-6-20(22)10-12-27(30)18-15-25-13-16-26(17-14-25)23-21-7-3-1-5-19(21)9-11-24-23/h1-9,11H,10,12-18H2. The molecule has 30 heavy (non-hydrogen) atoms. The van der Waals surface area contributed by atoms with E-state index in [0.717, 1.165) is 50.5 Å². The van der Waals surface area contributed by atoms with Crippen molar-refractivity contribution in [3.8, 4) is 0 Å². The lowest BCUT2D eigenvalue weighted by molar-refractivity contribution is 0.235. The van der Waals surface area contributed by atoms with Crippen molar-refractivity contribution in [1.82, 2.24) is 14.2 Å². The molecule has 0 aliphatic carbocycles. The fourth-order valence-electron chi connectivity index (χ4n) is 4.49. The van der Waals surface area contributed by atoms with Crippen LogP contribution in [0, 0.1) is 0 Å². The highest BCUT2D eigenvalue weighted by molar-refractivity contribution is 7.89. The SMILES string of the molecule is O=S1(=O)c2ccccc2CCN1CCN1CCN(c2nccc3ccccc23)CC1. The zero-order chi connectivity index (χ0) is 20.6. The summed E-state index contributed by atoms with van der Waals surface area (Å²) in [6.45, 7) is 5.50. The fraction of sp³-hybridized carbons (Fsp3) is 0.348. The van der Waals surface area contributed by atoms with Gasteiger partial charge in [0.1, 0.15) is 5.82 Å². The lowest BCUT2D eigenvalue weighted by Gasteiger charge is -2.37. The van der Waals surface area contributed by atoms with Crippen LogP contribution in [-0.2, 0) is 16.4 Å². The van der Waals surface area contributed by atoms with E-state index >= 15 is 0 Å². The van der Waals surface area contributed by atoms with Gasteiger partial charge in [0.05, 0.1) is 4.90 Å². The van der Waals surface area contributed by atoms with Crippen LogP contribution in [0.2, 0.25) is 0 Å². The number of rotatable bonds is 4. The molecule has 1 saturated heterocycles. The average molecular weight is 423 g/mol. The first-order valence-corrected chi connectivity index (χ1v) is 12.0. The number of hydrogen-bond acceptors (Lipinski definition) is 5. The molecule has 2 aliphatic rings. The molecule has 3 aromatic rings. The Morgan fingerprint density at radius 2 is 1.60 bits per heavy atom. The Morgan fingerprint density at radius 1 is 0.833 bits per heavy atom. The van der Waals surface area contributed by atoms with Gasteiger partial charge in [0, 0.05) is 57.4 Å². The lowest BCUT2D eigenvalue weighted by Crippen LogP contribution is -2.49. The molecular weight excluding hydrogens is 396 g/mol. The summed E-state index contributed by atoms with van der Waals surface area (Å²) in [7, 11) is -3.38. The van der Waals surface area contributed by atoms with Crippen LogP contribution in [0.4, 0.5) is 5.82 Å². The van der Waals surface area contributed by atoms with Gasteiger partial charge in [0.2, 0.25) is 10.0 Å².